The molecular weight excluding hydrogens is 534 g/mol. The van der Waals surface area contributed by atoms with Gasteiger partial charge in [-0.25, -0.2) is 17.6 Å². The summed E-state index contributed by atoms with van der Waals surface area (Å²) in [6.45, 7) is 0.582. The van der Waals surface area contributed by atoms with E-state index in [9.17, 15) is 27.5 Å². The lowest BCUT2D eigenvalue weighted by Gasteiger charge is -2.17. The highest BCUT2D eigenvalue weighted by Gasteiger charge is 2.25. The molecule has 9 nitrogen and oxygen atoms in total. The van der Waals surface area contributed by atoms with Gasteiger partial charge in [-0.3, -0.25) is 20.0 Å². The van der Waals surface area contributed by atoms with Gasteiger partial charge in [0.05, 0.1) is 28.0 Å². The van der Waals surface area contributed by atoms with Gasteiger partial charge in [-0.2, -0.15) is 0 Å². The lowest BCUT2D eigenvalue weighted by Crippen LogP contribution is -2.33. The Morgan fingerprint density at radius 3 is 2.72 bits per heavy atom. The van der Waals surface area contributed by atoms with Gasteiger partial charge in [-0.15, -0.1) is 0 Å². The Morgan fingerprint density at radius 1 is 1.28 bits per heavy atom. The Labute approximate surface area is 217 Å². The van der Waals surface area contributed by atoms with E-state index in [2.05, 4.69) is 10.3 Å². The predicted molar refractivity (Wildman–Crippen MR) is 135 cm³/mol. The number of hydrogen-bond acceptors (Lipinski definition) is 6. The molecule has 0 aromatic heterocycles. The van der Waals surface area contributed by atoms with E-state index < -0.39 is 33.5 Å². The first-order chi connectivity index (χ1) is 17.0. The number of likely N-dealkylation sites (N-methyl/N-ethyl adjacent to an activating group) is 1. The highest BCUT2D eigenvalue weighted by atomic mass is 35.5. The summed E-state index contributed by atoms with van der Waals surface area (Å²) in [4.78, 5) is 30.0. The molecule has 36 heavy (non-hydrogen) atoms. The van der Waals surface area contributed by atoms with Crippen molar-refractivity contribution < 1.29 is 27.5 Å². The molecule has 0 saturated heterocycles. The zero-order chi connectivity index (χ0) is 26.5. The lowest BCUT2D eigenvalue weighted by atomic mass is 10.1. The topological polar surface area (TPSA) is 119 Å². The number of nitrogens with one attached hydrogen (secondary N) is 1. The number of amidine groups is 1. The van der Waals surface area contributed by atoms with E-state index >= 15 is 0 Å². The Bertz CT molecular complexity index is 1330. The van der Waals surface area contributed by atoms with E-state index in [1.165, 1.54) is 54.4 Å². The van der Waals surface area contributed by atoms with E-state index in [-0.39, 0.29) is 46.0 Å². The number of aliphatic imine (C=N–C) groups is 1. The number of carboxylic acid groups (broad SMARTS) is 1. The SMILES string of the molecule is CN(Cc1ccc(C2=NCCN2C(=O)O)cc1F)C(=O)/C=C/CNCS(=O)(=O)c1cccc(Cl)c1Cl. The van der Waals surface area contributed by atoms with Crippen LogP contribution in [0.5, 0.6) is 0 Å². The zero-order valence-corrected chi connectivity index (χ0v) is 21.4. The van der Waals surface area contributed by atoms with Gasteiger partial charge in [0.1, 0.15) is 17.5 Å². The molecule has 0 spiro atoms. The minimum atomic E-state index is -3.74. The molecular formula is C23H23Cl2FN4O5S. The van der Waals surface area contributed by atoms with Crippen LogP contribution in [0.3, 0.4) is 0 Å². The van der Waals surface area contributed by atoms with Gasteiger partial charge < -0.3 is 10.0 Å². The second kappa shape index (κ2) is 11.8. The predicted octanol–water partition coefficient (Wildman–Crippen LogP) is 3.41. The number of carbonyl (C=O) groups is 2. The third-order valence-electron chi connectivity index (χ3n) is 5.23. The summed E-state index contributed by atoms with van der Waals surface area (Å²) in [5, 5.41) is 12.0. The number of halogens is 3. The molecule has 3 rings (SSSR count). The summed E-state index contributed by atoms with van der Waals surface area (Å²) < 4.78 is 39.5. The van der Waals surface area contributed by atoms with Gasteiger partial charge in [0.15, 0.2) is 9.84 Å². The van der Waals surface area contributed by atoms with Crippen LogP contribution in [0.4, 0.5) is 9.18 Å². The number of sulfone groups is 1. The van der Waals surface area contributed by atoms with Gasteiger partial charge in [0.25, 0.3) is 0 Å². The Hall–Kier alpha value is -2.99. The van der Waals surface area contributed by atoms with Crippen LogP contribution in [0.15, 0.2) is 58.4 Å². The maximum absolute atomic E-state index is 14.7. The van der Waals surface area contributed by atoms with Crippen molar-refractivity contribution in [2.45, 2.75) is 11.4 Å². The van der Waals surface area contributed by atoms with Gasteiger partial charge in [-0.05, 0) is 18.2 Å². The van der Waals surface area contributed by atoms with Crippen molar-refractivity contribution in [3.8, 4) is 0 Å². The average Bonchev–Trinajstić information content (AvgIpc) is 3.32. The monoisotopic (exact) mass is 556 g/mol. The summed E-state index contributed by atoms with van der Waals surface area (Å²) in [6, 6.07) is 8.56. The largest absolute Gasteiger partial charge is 0.465 e. The molecule has 13 heteroatoms. The number of carbonyl (C=O) groups excluding carboxylic acids is 1. The molecule has 2 aromatic rings. The van der Waals surface area contributed by atoms with Gasteiger partial charge >= 0.3 is 6.09 Å². The quantitative estimate of drug-likeness (QED) is 0.361. The van der Waals surface area contributed by atoms with E-state index in [0.717, 1.165) is 4.90 Å². The van der Waals surface area contributed by atoms with Crippen molar-refractivity contribution >= 4 is 50.9 Å². The molecule has 1 aliphatic rings. The zero-order valence-electron chi connectivity index (χ0n) is 19.1. The molecule has 0 aliphatic carbocycles. The molecule has 0 fully saturated rings. The maximum Gasteiger partial charge on any atom is 0.413 e. The normalized spacial score (nSPS) is 13.8. The molecule has 0 saturated carbocycles. The second-order valence-electron chi connectivity index (χ2n) is 7.81. The highest BCUT2D eigenvalue weighted by Crippen LogP contribution is 2.29. The number of amides is 2. The molecule has 192 valence electrons. The third-order valence-corrected chi connectivity index (χ3v) is 7.76. The number of hydrogen-bond donors (Lipinski definition) is 2. The second-order valence-corrected chi connectivity index (χ2v) is 10.6. The first-order valence-corrected chi connectivity index (χ1v) is 13.0. The van der Waals surface area contributed by atoms with Crippen LogP contribution < -0.4 is 5.32 Å². The number of benzene rings is 2. The van der Waals surface area contributed by atoms with Gasteiger partial charge in [0, 0.05) is 37.3 Å². The molecule has 0 radical (unpaired) electrons. The summed E-state index contributed by atoms with van der Waals surface area (Å²) in [6.07, 6.45) is 1.54. The molecule has 1 aliphatic heterocycles. The molecule has 1 heterocycles. The van der Waals surface area contributed by atoms with Crippen LogP contribution in [0, 0.1) is 5.82 Å². The molecule has 2 N–H and O–H groups in total. The fourth-order valence-corrected chi connectivity index (χ4v) is 5.31. The highest BCUT2D eigenvalue weighted by molar-refractivity contribution is 7.91. The number of rotatable bonds is 9. The van der Waals surface area contributed by atoms with E-state index in [4.69, 9.17) is 23.2 Å². The van der Waals surface area contributed by atoms with Crippen LogP contribution in [0.1, 0.15) is 11.1 Å². The van der Waals surface area contributed by atoms with Crippen LogP contribution in [-0.4, -0.2) is 73.7 Å². The standard InChI is InChI=1S/C23H23Cl2FN4O5S/c1-29(13-16-8-7-15(12-18(16)26)22-28-10-11-30(22)23(32)33)20(31)6-3-9-27-14-36(34,35)19-5-2-4-17(24)21(19)25/h2-8,12,27H,9-11,13-14H2,1H3,(H,32,33)/b6-3+. The summed E-state index contributed by atoms with van der Waals surface area (Å²) >= 11 is 11.8. The fraction of sp³-hybridized carbons (Fsp3) is 0.261. The fourth-order valence-electron chi connectivity index (χ4n) is 3.39. The smallest absolute Gasteiger partial charge is 0.413 e. The average molecular weight is 557 g/mol. The minimum absolute atomic E-state index is 0.0283. The van der Waals surface area contributed by atoms with E-state index in [0.29, 0.717) is 12.1 Å². The Kier molecular flexibility index (Phi) is 9.07. The van der Waals surface area contributed by atoms with Crippen molar-refractivity contribution in [3.05, 3.63) is 75.5 Å². The Morgan fingerprint density at radius 2 is 2.03 bits per heavy atom. The van der Waals surface area contributed by atoms with Crippen molar-refractivity contribution in [1.82, 2.24) is 15.1 Å². The van der Waals surface area contributed by atoms with E-state index in [1.807, 2.05) is 0 Å². The van der Waals surface area contributed by atoms with Crippen molar-refractivity contribution in [2.24, 2.45) is 4.99 Å². The minimum Gasteiger partial charge on any atom is -0.465 e. The van der Waals surface area contributed by atoms with Crippen LogP contribution >= 0.6 is 23.2 Å². The molecule has 0 bridgehead atoms. The van der Waals surface area contributed by atoms with Gasteiger partial charge in [-0.1, -0.05) is 47.5 Å². The first-order valence-electron chi connectivity index (χ1n) is 10.6. The maximum atomic E-state index is 14.7. The Balaban J connectivity index is 1.53. The van der Waals surface area contributed by atoms with Crippen molar-refractivity contribution in [2.75, 3.05) is 32.6 Å². The lowest BCUT2D eigenvalue weighted by molar-refractivity contribution is -0.125. The van der Waals surface area contributed by atoms with Crippen LogP contribution in [0.25, 0.3) is 0 Å². The van der Waals surface area contributed by atoms with Crippen molar-refractivity contribution in [3.63, 3.8) is 0 Å². The van der Waals surface area contributed by atoms with Gasteiger partial charge in [0.2, 0.25) is 5.91 Å². The molecule has 0 unspecified atom stereocenters. The summed E-state index contributed by atoms with van der Waals surface area (Å²) in [5.41, 5.74) is 0.580. The number of nitrogens with zero attached hydrogens (tertiary/aromatic N) is 3. The summed E-state index contributed by atoms with van der Waals surface area (Å²) in [5.74, 6) is -1.24. The van der Waals surface area contributed by atoms with Crippen LogP contribution in [0.2, 0.25) is 10.0 Å². The van der Waals surface area contributed by atoms with E-state index in [1.54, 1.807) is 6.07 Å². The molecule has 2 amide bonds. The molecule has 2 aromatic carbocycles. The van der Waals surface area contributed by atoms with Crippen molar-refractivity contribution in [1.29, 1.82) is 0 Å². The third kappa shape index (κ3) is 6.61. The van der Waals surface area contributed by atoms with Crippen LogP contribution in [-0.2, 0) is 21.2 Å². The first kappa shape index (κ1) is 27.6. The molecule has 0 atom stereocenters. The summed E-state index contributed by atoms with van der Waals surface area (Å²) in [7, 11) is -2.24.